The Morgan fingerprint density at radius 1 is 1.12 bits per heavy atom. The molecule has 0 saturated carbocycles. The van der Waals surface area contributed by atoms with E-state index >= 15 is 0 Å². The lowest BCUT2D eigenvalue weighted by Crippen LogP contribution is -2.03. The van der Waals surface area contributed by atoms with Gasteiger partial charge in [0.05, 0.1) is 23.7 Å². The van der Waals surface area contributed by atoms with Gasteiger partial charge in [-0.2, -0.15) is 9.61 Å². The normalized spacial score (nSPS) is 12.9. The minimum Gasteiger partial charge on any atom is -0.384 e. The minimum absolute atomic E-state index is 0.165. The van der Waals surface area contributed by atoms with E-state index in [9.17, 15) is 9.18 Å². The minimum atomic E-state index is -0.469. The average molecular weight is 442 g/mol. The van der Waals surface area contributed by atoms with Gasteiger partial charge in [0.25, 0.3) is 0 Å². The summed E-state index contributed by atoms with van der Waals surface area (Å²) in [4.78, 5) is 23.1. The van der Waals surface area contributed by atoms with Crippen LogP contribution in [-0.2, 0) is 12.8 Å². The van der Waals surface area contributed by atoms with Crippen LogP contribution in [-0.4, -0.2) is 30.3 Å². The molecule has 33 heavy (non-hydrogen) atoms. The fraction of sp³-hybridized carbons (Fsp3) is 0.200. The number of benzene rings is 1. The van der Waals surface area contributed by atoms with Gasteiger partial charge in [0.2, 0.25) is 0 Å². The Balaban J connectivity index is 0.000000151. The fourth-order valence-corrected chi connectivity index (χ4v) is 4.29. The summed E-state index contributed by atoms with van der Waals surface area (Å²) in [5, 5.41) is 5.45. The Kier molecular flexibility index (Phi) is 5.34. The molecule has 0 saturated heterocycles. The van der Waals surface area contributed by atoms with E-state index in [2.05, 4.69) is 44.3 Å². The van der Waals surface area contributed by atoms with Crippen LogP contribution in [0.15, 0.2) is 55.0 Å². The van der Waals surface area contributed by atoms with Gasteiger partial charge in [0.15, 0.2) is 11.4 Å². The molecular formula is C25H23FN6O. The highest BCUT2D eigenvalue weighted by Gasteiger charge is 2.15. The van der Waals surface area contributed by atoms with E-state index in [1.807, 2.05) is 0 Å². The van der Waals surface area contributed by atoms with Gasteiger partial charge >= 0.3 is 0 Å². The van der Waals surface area contributed by atoms with Crippen molar-refractivity contribution in [1.29, 1.82) is 0 Å². The molecule has 166 valence electrons. The zero-order valence-electron chi connectivity index (χ0n) is 18.2. The number of carbonyl (C=O) groups is 1. The molecule has 0 aliphatic heterocycles. The number of fused-ring (bicyclic) bond motifs is 4. The number of H-pyrrole nitrogens is 1. The van der Waals surface area contributed by atoms with Crippen molar-refractivity contribution in [3.63, 3.8) is 0 Å². The molecule has 1 aliphatic rings. The molecular weight excluding hydrogens is 419 g/mol. The van der Waals surface area contributed by atoms with E-state index < -0.39 is 5.82 Å². The van der Waals surface area contributed by atoms with Gasteiger partial charge in [-0.15, -0.1) is 0 Å². The summed E-state index contributed by atoms with van der Waals surface area (Å²) in [7, 11) is 0. The maximum Gasteiger partial charge on any atom is 0.168 e. The van der Waals surface area contributed by atoms with Crippen molar-refractivity contribution < 1.29 is 9.18 Å². The number of nitrogen functional groups attached to an aromatic ring is 1. The number of nitrogens with two attached hydrogens (primary N) is 1. The van der Waals surface area contributed by atoms with E-state index in [1.54, 1.807) is 11.6 Å². The van der Waals surface area contributed by atoms with Gasteiger partial charge in [-0.3, -0.25) is 9.78 Å². The molecule has 0 atom stereocenters. The van der Waals surface area contributed by atoms with Crippen LogP contribution >= 0.6 is 0 Å². The van der Waals surface area contributed by atoms with Crippen LogP contribution in [0.2, 0.25) is 0 Å². The predicted molar refractivity (Wildman–Crippen MR) is 126 cm³/mol. The zero-order valence-corrected chi connectivity index (χ0v) is 18.2. The summed E-state index contributed by atoms with van der Waals surface area (Å²) in [5.74, 6) is -0.328. The van der Waals surface area contributed by atoms with Crippen LogP contribution in [0.5, 0.6) is 0 Å². The predicted octanol–water partition coefficient (Wildman–Crippen LogP) is 4.76. The summed E-state index contributed by atoms with van der Waals surface area (Å²) in [6.45, 7) is 1.42. The van der Waals surface area contributed by atoms with Crippen LogP contribution < -0.4 is 5.73 Å². The molecule has 1 aromatic carbocycles. The number of hydrogen-bond donors (Lipinski definition) is 2. The maximum atomic E-state index is 13.2. The van der Waals surface area contributed by atoms with Crippen molar-refractivity contribution in [2.75, 3.05) is 5.73 Å². The molecule has 0 radical (unpaired) electrons. The first-order valence-corrected chi connectivity index (χ1v) is 10.9. The largest absolute Gasteiger partial charge is 0.384 e. The molecule has 6 rings (SSSR count). The van der Waals surface area contributed by atoms with Crippen LogP contribution in [0.4, 0.5) is 10.2 Å². The van der Waals surface area contributed by atoms with Crippen LogP contribution in [0.3, 0.4) is 0 Å². The highest BCUT2D eigenvalue weighted by molar-refractivity contribution is 6.00. The van der Waals surface area contributed by atoms with Crippen LogP contribution in [0.25, 0.3) is 27.8 Å². The molecule has 4 heterocycles. The van der Waals surface area contributed by atoms with E-state index in [0.29, 0.717) is 28.3 Å². The molecule has 7 nitrogen and oxygen atoms in total. The van der Waals surface area contributed by atoms with E-state index in [4.69, 9.17) is 5.73 Å². The van der Waals surface area contributed by atoms with Crippen molar-refractivity contribution in [3.05, 3.63) is 77.6 Å². The third-order valence-electron chi connectivity index (χ3n) is 5.88. The number of carbonyl (C=O) groups excluding carboxylic acids is 1. The number of aromatic nitrogens is 5. The number of aryl methyl sites for hydroxylation is 2. The molecule has 0 unspecified atom stereocenters. The highest BCUT2D eigenvalue weighted by atomic mass is 19.1. The van der Waals surface area contributed by atoms with Crippen molar-refractivity contribution >= 4 is 28.2 Å². The number of para-hydroxylation sites is 1. The smallest absolute Gasteiger partial charge is 0.168 e. The summed E-state index contributed by atoms with van der Waals surface area (Å²) in [6, 6.07) is 11.5. The first-order valence-electron chi connectivity index (χ1n) is 10.9. The SMILES string of the molecule is CC(=O)c1cnn2c(N)cc(-c3cncc(F)c3)nc12.c1ccc2c3c([nH]c2c1)CCCC3. The first-order chi connectivity index (χ1) is 16.0. The van der Waals surface area contributed by atoms with E-state index in [1.165, 1.54) is 72.2 Å². The Bertz CT molecular complexity index is 1490. The van der Waals surface area contributed by atoms with Gasteiger partial charge in [-0.25, -0.2) is 9.37 Å². The third kappa shape index (κ3) is 3.95. The van der Waals surface area contributed by atoms with Gasteiger partial charge < -0.3 is 10.7 Å². The molecule has 0 spiro atoms. The number of rotatable bonds is 2. The van der Waals surface area contributed by atoms with Gasteiger partial charge in [-0.05, 0) is 50.3 Å². The summed E-state index contributed by atoms with van der Waals surface area (Å²) in [6.07, 6.45) is 9.20. The highest BCUT2D eigenvalue weighted by Crippen LogP contribution is 2.28. The number of pyridine rings is 1. The quantitative estimate of drug-likeness (QED) is 0.384. The van der Waals surface area contributed by atoms with Crippen molar-refractivity contribution in [1.82, 2.24) is 24.6 Å². The van der Waals surface area contributed by atoms with Gasteiger partial charge in [0.1, 0.15) is 11.6 Å². The molecule has 8 heteroatoms. The topological polar surface area (TPSA) is 102 Å². The zero-order chi connectivity index (χ0) is 22.9. The second kappa shape index (κ2) is 8.46. The standard InChI is InChI=1S/C13H10FN5O.C12H13N/c1-7(20)10-6-17-19-12(15)3-11(18-13(10)19)8-2-9(14)5-16-4-8;1-3-7-11-9(5-1)10-6-2-4-8-12(10)13-11/h2-6H,15H2,1H3;1,3,5,7,13H,2,4,6,8H2. The number of ketones is 1. The Morgan fingerprint density at radius 3 is 2.76 bits per heavy atom. The van der Waals surface area contributed by atoms with E-state index in [0.717, 1.165) is 6.20 Å². The number of nitrogens with one attached hydrogen (secondary N) is 1. The Labute approximate surface area is 189 Å². The summed E-state index contributed by atoms with van der Waals surface area (Å²) in [5.41, 5.74) is 11.9. The number of aromatic amines is 1. The number of anilines is 1. The maximum absolute atomic E-state index is 13.2. The second-order valence-electron chi connectivity index (χ2n) is 8.14. The Morgan fingerprint density at radius 2 is 1.94 bits per heavy atom. The summed E-state index contributed by atoms with van der Waals surface area (Å²) >= 11 is 0. The third-order valence-corrected chi connectivity index (χ3v) is 5.88. The van der Waals surface area contributed by atoms with E-state index in [-0.39, 0.29) is 5.78 Å². The lowest BCUT2D eigenvalue weighted by atomic mass is 9.96. The molecule has 1 aliphatic carbocycles. The monoisotopic (exact) mass is 442 g/mol. The number of hydrogen-bond acceptors (Lipinski definition) is 5. The number of Topliss-reactive ketones (excluding diaryl/α,β-unsaturated/α-hetero) is 1. The first kappa shape index (κ1) is 20.8. The van der Waals surface area contributed by atoms with Gasteiger partial charge in [-0.1, -0.05) is 18.2 Å². The van der Waals surface area contributed by atoms with Crippen LogP contribution in [0.1, 0.15) is 41.4 Å². The van der Waals surface area contributed by atoms with Crippen LogP contribution in [0, 0.1) is 5.82 Å². The fourth-order valence-electron chi connectivity index (χ4n) is 4.29. The second-order valence-corrected chi connectivity index (χ2v) is 8.14. The van der Waals surface area contributed by atoms with Crippen molar-refractivity contribution in [2.45, 2.75) is 32.6 Å². The lowest BCUT2D eigenvalue weighted by Gasteiger charge is -2.10. The van der Waals surface area contributed by atoms with Crippen molar-refractivity contribution in [3.8, 4) is 11.3 Å². The lowest BCUT2D eigenvalue weighted by molar-refractivity contribution is 0.101. The summed E-state index contributed by atoms with van der Waals surface area (Å²) < 4.78 is 14.6. The number of nitrogens with zero attached hydrogens (tertiary/aromatic N) is 4. The molecule has 3 N–H and O–H groups in total. The Hall–Kier alpha value is -4.07. The van der Waals surface area contributed by atoms with Crippen molar-refractivity contribution in [2.24, 2.45) is 0 Å². The average Bonchev–Trinajstić information content (AvgIpc) is 3.41. The molecule has 4 aromatic heterocycles. The van der Waals surface area contributed by atoms with Gasteiger partial charge in [0, 0.05) is 34.4 Å². The molecule has 5 aromatic rings. The molecule has 0 amide bonds. The molecule has 0 bridgehead atoms. The molecule has 0 fully saturated rings. The number of halogens is 1.